The van der Waals surface area contributed by atoms with Gasteiger partial charge in [0.15, 0.2) is 5.78 Å². The van der Waals surface area contributed by atoms with E-state index in [0.29, 0.717) is 5.69 Å². The summed E-state index contributed by atoms with van der Waals surface area (Å²) in [6.45, 7) is 3.63. The van der Waals surface area contributed by atoms with Crippen LogP contribution in [-0.4, -0.2) is 17.9 Å². The van der Waals surface area contributed by atoms with E-state index in [1.807, 2.05) is 12.1 Å². The van der Waals surface area contributed by atoms with Gasteiger partial charge in [0.05, 0.1) is 12.7 Å². The molecule has 0 N–H and O–H groups in total. The average molecular weight is 261 g/mol. The molecule has 0 fully saturated rings. The van der Waals surface area contributed by atoms with Gasteiger partial charge in [0.25, 0.3) is 0 Å². The van der Waals surface area contributed by atoms with Crippen molar-refractivity contribution < 1.29 is 9.53 Å². The molecule has 2 rings (SSSR count). The van der Waals surface area contributed by atoms with E-state index in [-0.39, 0.29) is 5.78 Å². The zero-order valence-electron chi connectivity index (χ0n) is 10.7. The molecule has 0 aliphatic heterocycles. The largest absolute Gasteiger partial charge is 0.496 e. The number of aryl methyl sites for hydroxylation is 1. The molecule has 1 heterocycles. The second-order valence-electron chi connectivity index (χ2n) is 3.98. The second kappa shape index (κ2) is 5.31. The van der Waals surface area contributed by atoms with Crippen LogP contribution < -0.4 is 4.74 Å². The molecule has 0 atom stereocenters. The number of hydrogen-bond donors (Lipinski definition) is 0. The first-order valence-corrected chi connectivity index (χ1v) is 6.67. The third-order valence-corrected chi connectivity index (χ3v) is 3.64. The lowest BCUT2D eigenvalue weighted by Gasteiger charge is -2.07. The minimum Gasteiger partial charge on any atom is -0.496 e. The molecule has 2 aromatic rings. The smallest absolute Gasteiger partial charge is 0.178 e. The number of Topliss-reactive ketones (excluding diaryl/α,β-unsaturated/α-hetero) is 1. The van der Waals surface area contributed by atoms with Crippen LogP contribution in [0.5, 0.6) is 5.75 Å². The number of aromatic nitrogens is 1. The van der Waals surface area contributed by atoms with E-state index in [1.54, 1.807) is 12.5 Å². The summed E-state index contributed by atoms with van der Waals surface area (Å²) in [6.07, 6.45) is 0.960. The fraction of sp³-hybridized carbons (Fsp3) is 0.286. The van der Waals surface area contributed by atoms with Crippen LogP contribution >= 0.6 is 11.3 Å². The van der Waals surface area contributed by atoms with Gasteiger partial charge < -0.3 is 4.74 Å². The normalized spacial score (nSPS) is 10.4. The van der Waals surface area contributed by atoms with Gasteiger partial charge in [-0.1, -0.05) is 13.0 Å². The topological polar surface area (TPSA) is 39.2 Å². The van der Waals surface area contributed by atoms with Crippen molar-refractivity contribution in [2.75, 3.05) is 7.11 Å². The highest BCUT2D eigenvalue weighted by Crippen LogP contribution is 2.33. The number of methoxy groups -OCH3 is 1. The molecule has 1 aromatic heterocycles. The van der Waals surface area contributed by atoms with Gasteiger partial charge in [-0.2, -0.15) is 0 Å². The van der Waals surface area contributed by atoms with Crippen molar-refractivity contribution in [3.8, 4) is 16.3 Å². The van der Waals surface area contributed by atoms with Crippen molar-refractivity contribution >= 4 is 17.1 Å². The molecule has 0 saturated heterocycles. The lowest BCUT2D eigenvalue weighted by Crippen LogP contribution is -1.93. The SMILES string of the molecule is CCc1ccc(OC)c(-c2nc(C(C)=O)cs2)c1. The van der Waals surface area contributed by atoms with Crippen LogP contribution in [0.2, 0.25) is 0 Å². The second-order valence-corrected chi connectivity index (χ2v) is 4.84. The molecule has 0 aliphatic carbocycles. The van der Waals surface area contributed by atoms with Crippen molar-refractivity contribution in [1.82, 2.24) is 4.98 Å². The highest BCUT2D eigenvalue weighted by Gasteiger charge is 2.12. The molecule has 1 aromatic carbocycles. The lowest BCUT2D eigenvalue weighted by molar-refractivity contribution is 0.101. The van der Waals surface area contributed by atoms with Crippen LogP contribution in [0.15, 0.2) is 23.6 Å². The van der Waals surface area contributed by atoms with Gasteiger partial charge in [-0.05, 0) is 24.1 Å². The minimum absolute atomic E-state index is 0.0110. The van der Waals surface area contributed by atoms with E-state index in [2.05, 4.69) is 18.0 Å². The Hall–Kier alpha value is -1.68. The summed E-state index contributed by atoms with van der Waals surface area (Å²) in [7, 11) is 1.64. The van der Waals surface area contributed by atoms with Crippen molar-refractivity contribution in [2.45, 2.75) is 20.3 Å². The Morgan fingerprint density at radius 3 is 2.78 bits per heavy atom. The highest BCUT2D eigenvalue weighted by atomic mass is 32.1. The van der Waals surface area contributed by atoms with E-state index in [1.165, 1.54) is 23.8 Å². The van der Waals surface area contributed by atoms with Gasteiger partial charge in [0.2, 0.25) is 0 Å². The molecule has 0 unspecified atom stereocenters. The van der Waals surface area contributed by atoms with Crippen LogP contribution in [0.4, 0.5) is 0 Å². The summed E-state index contributed by atoms with van der Waals surface area (Å²) >= 11 is 1.47. The van der Waals surface area contributed by atoms with E-state index in [9.17, 15) is 4.79 Å². The van der Waals surface area contributed by atoms with Crippen LogP contribution in [0, 0.1) is 0 Å². The van der Waals surface area contributed by atoms with Crippen molar-refractivity contribution in [3.63, 3.8) is 0 Å². The molecule has 0 amide bonds. The summed E-state index contributed by atoms with van der Waals surface area (Å²) in [5.41, 5.74) is 2.69. The predicted octanol–water partition coefficient (Wildman–Crippen LogP) is 3.58. The Labute approximate surface area is 110 Å². The van der Waals surface area contributed by atoms with Gasteiger partial charge in [-0.3, -0.25) is 4.79 Å². The third-order valence-electron chi connectivity index (χ3n) is 2.77. The minimum atomic E-state index is -0.0110. The number of carbonyl (C=O) groups excluding carboxylic acids is 1. The summed E-state index contributed by atoms with van der Waals surface area (Å²) < 4.78 is 5.35. The summed E-state index contributed by atoms with van der Waals surface area (Å²) in [4.78, 5) is 15.6. The number of benzene rings is 1. The zero-order chi connectivity index (χ0) is 13.1. The fourth-order valence-electron chi connectivity index (χ4n) is 1.70. The molecule has 18 heavy (non-hydrogen) atoms. The number of hydrogen-bond acceptors (Lipinski definition) is 4. The third kappa shape index (κ3) is 2.43. The maximum absolute atomic E-state index is 11.3. The van der Waals surface area contributed by atoms with Gasteiger partial charge in [-0.25, -0.2) is 4.98 Å². The number of ether oxygens (including phenoxy) is 1. The van der Waals surface area contributed by atoms with Crippen LogP contribution in [0.1, 0.15) is 29.9 Å². The highest BCUT2D eigenvalue weighted by molar-refractivity contribution is 7.13. The number of nitrogens with zero attached hydrogens (tertiary/aromatic N) is 1. The maximum atomic E-state index is 11.3. The molecule has 4 heteroatoms. The van der Waals surface area contributed by atoms with E-state index in [0.717, 1.165) is 22.7 Å². The Morgan fingerprint density at radius 1 is 1.44 bits per heavy atom. The predicted molar refractivity (Wildman–Crippen MR) is 73.5 cm³/mol. The van der Waals surface area contributed by atoms with Gasteiger partial charge >= 0.3 is 0 Å². The van der Waals surface area contributed by atoms with Gasteiger partial charge in [0.1, 0.15) is 16.5 Å². The summed E-state index contributed by atoms with van der Waals surface area (Å²) in [5, 5.41) is 2.61. The lowest BCUT2D eigenvalue weighted by atomic mass is 10.1. The quantitative estimate of drug-likeness (QED) is 0.790. The van der Waals surface area contributed by atoms with E-state index < -0.39 is 0 Å². The standard InChI is InChI=1S/C14H15NO2S/c1-4-10-5-6-13(17-3)11(7-10)14-15-12(8-18-14)9(2)16/h5-8H,4H2,1-3H3. The molecule has 0 bridgehead atoms. The monoisotopic (exact) mass is 261 g/mol. The molecule has 0 aliphatic rings. The van der Waals surface area contributed by atoms with E-state index >= 15 is 0 Å². The van der Waals surface area contributed by atoms with Crippen molar-refractivity contribution in [2.24, 2.45) is 0 Å². The average Bonchev–Trinajstić information content (AvgIpc) is 2.87. The molecule has 0 saturated carbocycles. The van der Waals surface area contributed by atoms with E-state index in [4.69, 9.17) is 4.74 Å². The molecule has 0 radical (unpaired) electrons. The van der Waals surface area contributed by atoms with Crippen LogP contribution in [0.25, 0.3) is 10.6 Å². The molecule has 94 valence electrons. The number of rotatable bonds is 4. The molecular formula is C14H15NO2S. The first-order chi connectivity index (χ1) is 8.65. The van der Waals surface area contributed by atoms with Gasteiger partial charge in [0, 0.05) is 12.3 Å². The first-order valence-electron chi connectivity index (χ1n) is 5.79. The van der Waals surface area contributed by atoms with Crippen LogP contribution in [0.3, 0.4) is 0 Å². The molecule has 0 spiro atoms. The Balaban J connectivity index is 2.50. The van der Waals surface area contributed by atoms with Crippen molar-refractivity contribution in [3.05, 3.63) is 34.8 Å². The zero-order valence-corrected chi connectivity index (χ0v) is 11.5. The maximum Gasteiger partial charge on any atom is 0.178 e. The van der Waals surface area contributed by atoms with Gasteiger partial charge in [-0.15, -0.1) is 11.3 Å². The number of carbonyl (C=O) groups is 1. The Morgan fingerprint density at radius 2 is 2.22 bits per heavy atom. The summed E-state index contributed by atoms with van der Waals surface area (Å²) in [5.74, 6) is 0.778. The molecular weight excluding hydrogens is 246 g/mol. The first kappa shape index (κ1) is 12.8. The number of thiazole rings is 1. The van der Waals surface area contributed by atoms with Crippen LogP contribution in [-0.2, 0) is 6.42 Å². The molecule has 3 nitrogen and oxygen atoms in total. The Kier molecular flexibility index (Phi) is 3.77. The number of ketones is 1. The Bertz CT molecular complexity index is 575. The van der Waals surface area contributed by atoms with Crippen molar-refractivity contribution in [1.29, 1.82) is 0 Å². The fourth-order valence-corrected chi connectivity index (χ4v) is 2.58. The summed E-state index contributed by atoms with van der Waals surface area (Å²) in [6, 6.07) is 6.06.